The molecule has 9 nitrogen and oxygen atoms in total. The van der Waals surface area contributed by atoms with E-state index in [4.69, 9.17) is 26.2 Å². The van der Waals surface area contributed by atoms with E-state index in [2.05, 4.69) is 10.1 Å². The van der Waals surface area contributed by atoms with Gasteiger partial charge in [-0.1, -0.05) is 23.7 Å². The third-order valence-corrected chi connectivity index (χ3v) is 6.45. The largest absolute Gasteiger partial charge is 0.457 e. The van der Waals surface area contributed by atoms with E-state index >= 15 is 0 Å². The molecular weight excluding hydrogens is 466 g/mol. The van der Waals surface area contributed by atoms with Gasteiger partial charge in [-0.2, -0.15) is 15.1 Å². The van der Waals surface area contributed by atoms with Crippen molar-refractivity contribution in [3.8, 4) is 11.3 Å². The molecule has 1 saturated heterocycles. The zero-order chi connectivity index (χ0) is 22.9. The third kappa shape index (κ3) is 4.37. The number of hydrogen-bond acceptors (Lipinski definition) is 7. The number of nitrogens with zero attached hydrogens (tertiary/aromatic N) is 4. The number of hydrogen-bond donors (Lipinski definition) is 1. The van der Waals surface area contributed by atoms with E-state index in [1.165, 1.54) is 11.1 Å². The lowest BCUT2D eigenvalue weighted by Crippen LogP contribution is -2.41. The molecule has 11 heteroatoms. The van der Waals surface area contributed by atoms with Gasteiger partial charge in [-0.25, -0.2) is 0 Å². The van der Waals surface area contributed by atoms with Crippen molar-refractivity contribution in [3.63, 3.8) is 0 Å². The van der Waals surface area contributed by atoms with Crippen LogP contribution < -0.4 is 0 Å². The van der Waals surface area contributed by atoms with Crippen LogP contribution in [0.5, 0.6) is 0 Å². The van der Waals surface area contributed by atoms with Crippen molar-refractivity contribution in [3.05, 3.63) is 52.8 Å². The molecule has 2 amide bonds. The van der Waals surface area contributed by atoms with Gasteiger partial charge in [-0.05, 0) is 42.1 Å². The number of thioether (sulfide) groups is 1. The summed E-state index contributed by atoms with van der Waals surface area (Å²) in [7, 11) is 0. The highest BCUT2D eigenvalue weighted by molar-refractivity contribution is 8.27. The number of amidine groups is 2. The molecule has 4 heterocycles. The summed E-state index contributed by atoms with van der Waals surface area (Å²) >= 11 is 7.35. The smallest absolute Gasteiger partial charge is 0.283 e. The first-order chi connectivity index (χ1) is 16.0. The molecule has 0 aliphatic carbocycles. The molecule has 168 valence electrons. The maximum atomic E-state index is 12.6. The minimum Gasteiger partial charge on any atom is -0.457 e. The number of rotatable bonds is 4. The molecule has 0 unspecified atom stereocenters. The van der Waals surface area contributed by atoms with E-state index in [0.29, 0.717) is 47.9 Å². The van der Waals surface area contributed by atoms with Crippen molar-refractivity contribution in [2.75, 3.05) is 26.3 Å². The fourth-order valence-corrected chi connectivity index (χ4v) is 4.64. The fraction of sp³-hybridized carbons (Fsp3) is 0.227. The molecule has 0 saturated carbocycles. The third-order valence-electron chi connectivity index (χ3n) is 5.22. The Bertz CT molecular complexity index is 1240. The van der Waals surface area contributed by atoms with E-state index in [0.717, 1.165) is 17.3 Å². The maximum absolute atomic E-state index is 12.6. The lowest BCUT2D eigenvalue weighted by atomic mass is 10.1. The summed E-state index contributed by atoms with van der Waals surface area (Å²) in [4.78, 5) is 30.9. The summed E-state index contributed by atoms with van der Waals surface area (Å²) in [6.45, 7) is 2.12. The molecule has 3 aliphatic rings. The lowest BCUT2D eigenvalue weighted by molar-refractivity contribution is -0.133. The Hall–Kier alpha value is -3.21. The summed E-state index contributed by atoms with van der Waals surface area (Å²) in [6, 6.07) is 10.7. The van der Waals surface area contributed by atoms with Gasteiger partial charge in [-0.15, -0.1) is 0 Å². The molecule has 33 heavy (non-hydrogen) atoms. The molecule has 1 aromatic carbocycles. The van der Waals surface area contributed by atoms with Crippen LogP contribution in [0.15, 0.2) is 56.5 Å². The number of ether oxygens (including phenoxy) is 1. The standard InChI is InChI=1S/C22H18ClN5O4S/c23-16-4-2-1-3-14(16)17-6-5-13(32-17)11-15-20(24)28-22(25-21(15)30)33-18(26-28)12-19(29)27-7-9-31-10-8-27/h1-6,11,24H,7-10,12H2. The van der Waals surface area contributed by atoms with E-state index in [1.54, 1.807) is 23.1 Å². The number of amides is 2. The van der Waals surface area contributed by atoms with Gasteiger partial charge in [0.05, 0.1) is 30.2 Å². The van der Waals surface area contributed by atoms with Gasteiger partial charge >= 0.3 is 0 Å². The Morgan fingerprint density at radius 2 is 2.00 bits per heavy atom. The molecule has 5 rings (SSSR count). The molecule has 0 spiro atoms. The summed E-state index contributed by atoms with van der Waals surface area (Å²) in [5.41, 5.74) is 0.771. The van der Waals surface area contributed by atoms with Crippen molar-refractivity contribution in [2.24, 2.45) is 10.1 Å². The number of hydrazone groups is 1. The Morgan fingerprint density at radius 3 is 2.79 bits per heavy atom. The Labute approximate surface area is 198 Å². The first-order valence-electron chi connectivity index (χ1n) is 10.2. The van der Waals surface area contributed by atoms with Crippen molar-refractivity contribution in [2.45, 2.75) is 6.42 Å². The van der Waals surface area contributed by atoms with Gasteiger partial charge in [-0.3, -0.25) is 15.0 Å². The normalized spacial score (nSPS) is 19.6. The molecule has 0 radical (unpaired) electrons. The molecule has 1 N–H and O–H groups in total. The van der Waals surface area contributed by atoms with E-state index in [1.807, 2.05) is 18.2 Å². The van der Waals surface area contributed by atoms with Gasteiger partial charge in [0.15, 0.2) is 5.84 Å². The number of benzene rings is 1. The molecular formula is C22H18ClN5O4S. The van der Waals surface area contributed by atoms with Crippen molar-refractivity contribution >= 4 is 57.3 Å². The van der Waals surface area contributed by atoms with Gasteiger partial charge in [0.2, 0.25) is 11.1 Å². The molecule has 0 bridgehead atoms. The number of carbonyl (C=O) groups excluding carboxylic acids is 2. The molecule has 3 aliphatic heterocycles. The number of carbonyl (C=O) groups is 2. The average Bonchev–Trinajstić information content (AvgIpc) is 3.44. The highest BCUT2D eigenvalue weighted by Crippen LogP contribution is 2.32. The number of nitrogens with one attached hydrogen (secondary N) is 1. The summed E-state index contributed by atoms with van der Waals surface area (Å²) in [5.74, 6) is 0.175. The zero-order valence-corrected chi connectivity index (χ0v) is 18.9. The Morgan fingerprint density at radius 1 is 1.21 bits per heavy atom. The topological polar surface area (TPSA) is 112 Å². The number of furan rings is 1. The molecule has 0 atom stereocenters. The van der Waals surface area contributed by atoms with Crippen LogP contribution in [0.25, 0.3) is 17.4 Å². The molecule has 2 aromatic rings. The summed E-state index contributed by atoms with van der Waals surface area (Å²) in [6.07, 6.45) is 1.54. The fourth-order valence-electron chi connectivity index (χ4n) is 3.54. The minimum atomic E-state index is -0.564. The van der Waals surface area contributed by atoms with E-state index in [-0.39, 0.29) is 28.9 Å². The first-order valence-corrected chi connectivity index (χ1v) is 11.4. The van der Waals surface area contributed by atoms with Crippen LogP contribution in [0.3, 0.4) is 0 Å². The van der Waals surface area contributed by atoms with Crippen LogP contribution >= 0.6 is 23.4 Å². The Kier molecular flexibility index (Phi) is 5.88. The van der Waals surface area contributed by atoms with Crippen molar-refractivity contribution < 1.29 is 18.7 Å². The highest BCUT2D eigenvalue weighted by Gasteiger charge is 2.36. The average molecular weight is 484 g/mol. The quantitative estimate of drug-likeness (QED) is 0.666. The number of halogens is 1. The maximum Gasteiger partial charge on any atom is 0.283 e. The predicted octanol–water partition coefficient (Wildman–Crippen LogP) is 3.47. The molecule has 1 aromatic heterocycles. The number of fused-ring (bicyclic) bond motifs is 1. The van der Waals surface area contributed by atoms with Crippen LogP contribution in [-0.2, 0) is 14.3 Å². The Balaban J connectivity index is 1.34. The van der Waals surface area contributed by atoms with Crippen LogP contribution in [0.1, 0.15) is 12.2 Å². The van der Waals surface area contributed by atoms with Crippen molar-refractivity contribution in [1.29, 1.82) is 5.41 Å². The monoisotopic (exact) mass is 483 g/mol. The summed E-state index contributed by atoms with van der Waals surface area (Å²) < 4.78 is 11.1. The van der Waals surface area contributed by atoms with Crippen LogP contribution in [0.2, 0.25) is 5.02 Å². The lowest BCUT2D eigenvalue weighted by Gasteiger charge is -2.26. The van der Waals surface area contributed by atoms with Crippen LogP contribution in [-0.4, -0.2) is 64.1 Å². The minimum absolute atomic E-state index is 0.0453. The predicted molar refractivity (Wildman–Crippen MR) is 126 cm³/mol. The SMILES string of the molecule is N=C1C(=Cc2ccc(-c3ccccc3Cl)o2)C(=O)N=C2SC(CC(=O)N3CCOCC3)=NN12. The van der Waals surface area contributed by atoms with Crippen LogP contribution in [0, 0.1) is 5.41 Å². The van der Waals surface area contributed by atoms with E-state index < -0.39 is 5.91 Å². The van der Waals surface area contributed by atoms with Crippen LogP contribution in [0.4, 0.5) is 0 Å². The van der Waals surface area contributed by atoms with E-state index in [9.17, 15) is 9.59 Å². The second kappa shape index (κ2) is 8.97. The van der Waals surface area contributed by atoms with Gasteiger partial charge in [0.1, 0.15) is 16.6 Å². The number of morpholine rings is 1. The second-order valence-electron chi connectivity index (χ2n) is 7.37. The van der Waals surface area contributed by atoms with Gasteiger partial charge in [0, 0.05) is 18.7 Å². The zero-order valence-electron chi connectivity index (χ0n) is 17.3. The van der Waals surface area contributed by atoms with Gasteiger partial charge in [0.25, 0.3) is 5.91 Å². The number of aliphatic imine (C=N–C) groups is 1. The highest BCUT2D eigenvalue weighted by atomic mass is 35.5. The second-order valence-corrected chi connectivity index (χ2v) is 8.81. The van der Waals surface area contributed by atoms with Crippen molar-refractivity contribution in [1.82, 2.24) is 9.91 Å². The van der Waals surface area contributed by atoms with Gasteiger partial charge < -0.3 is 14.1 Å². The molecule has 1 fully saturated rings. The summed E-state index contributed by atoms with van der Waals surface area (Å²) in [5, 5.41) is 15.4. The first kappa shape index (κ1) is 21.6.